The Labute approximate surface area is 167 Å². The lowest BCUT2D eigenvalue weighted by atomic mass is 10.1. The number of nitrogens with one attached hydrogen (secondary N) is 1. The smallest absolute Gasteiger partial charge is 0.331 e. The Morgan fingerprint density at radius 2 is 1.93 bits per heavy atom. The minimum Gasteiger partial charge on any atom is -0.494 e. The van der Waals surface area contributed by atoms with Crippen molar-refractivity contribution in [3.05, 3.63) is 90.0 Å². The van der Waals surface area contributed by atoms with Gasteiger partial charge in [-0.05, 0) is 46.1 Å². The van der Waals surface area contributed by atoms with Gasteiger partial charge in [-0.15, -0.1) is 0 Å². The van der Waals surface area contributed by atoms with Gasteiger partial charge in [0.2, 0.25) is 5.88 Å². The van der Waals surface area contributed by atoms with E-state index in [1.165, 1.54) is 6.21 Å². The van der Waals surface area contributed by atoms with Crippen LogP contribution in [-0.2, 0) is 13.0 Å². The highest BCUT2D eigenvalue weighted by atomic mass is 79.9. The predicted octanol–water partition coefficient (Wildman–Crippen LogP) is 3.65. The largest absolute Gasteiger partial charge is 0.494 e. The third-order valence-corrected chi connectivity index (χ3v) is 5.15. The molecule has 0 aliphatic heterocycles. The fraction of sp³-hybridized carbons (Fsp3) is 0.105. The normalized spacial score (nSPS) is 11.2. The Hall–Kier alpha value is -2.64. The second-order valence-corrected chi connectivity index (χ2v) is 7.00. The van der Waals surface area contributed by atoms with Crippen LogP contribution in [0.2, 0.25) is 5.02 Å². The van der Waals surface area contributed by atoms with Crippen molar-refractivity contribution in [1.29, 1.82) is 0 Å². The fourth-order valence-electron chi connectivity index (χ4n) is 2.49. The van der Waals surface area contributed by atoms with E-state index < -0.39 is 17.1 Å². The van der Waals surface area contributed by atoms with Crippen molar-refractivity contribution in [2.24, 2.45) is 4.99 Å². The summed E-state index contributed by atoms with van der Waals surface area (Å²) >= 11 is 9.31. The molecule has 0 aliphatic carbocycles. The van der Waals surface area contributed by atoms with Crippen LogP contribution in [0.5, 0.6) is 5.88 Å². The average Bonchev–Trinajstić information content (AvgIpc) is 2.65. The van der Waals surface area contributed by atoms with Gasteiger partial charge in [-0.1, -0.05) is 41.9 Å². The highest BCUT2D eigenvalue weighted by Crippen LogP contribution is 2.27. The summed E-state index contributed by atoms with van der Waals surface area (Å²) in [6.45, 7) is 0.219. The molecule has 0 amide bonds. The number of rotatable bonds is 5. The van der Waals surface area contributed by atoms with Crippen LogP contribution in [0.4, 0.5) is 5.69 Å². The van der Waals surface area contributed by atoms with E-state index >= 15 is 0 Å². The molecule has 1 heterocycles. The van der Waals surface area contributed by atoms with E-state index in [1.54, 1.807) is 18.2 Å². The Morgan fingerprint density at radius 3 is 2.63 bits per heavy atom. The van der Waals surface area contributed by atoms with Crippen molar-refractivity contribution < 1.29 is 5.11 Å². The molecule has 3 rings (SSSR count). The van der Waals surface area contributed by atoms with Crippen molar-refractivity contribution in [2.45, 2.75) is 13.0 Å². The molecular formula is C19H15BrClN3O3. The summed E-state index contributed by atoms with van der Waals surface area (Å²) in [4.78, 5) is 30.5. The van der Waals surface area contributed by atoms with Crippen LogP contribution in [0.25, 0.3) is 0 Å². The van der Waals surface area contributed by atoms with E-state index in [-0.39, 0.29) is 12.1 Å². The van der Waals surface area contributed by atoms with E-state index in [0.29, 0.717) is 17.1 Å². The molecule has 6 nitrogen and oxygen atoms in total. The maximum Gasteiger partial charge on any atom is 0.331 e. The standard InChI is InChI=1S/C19H15BrClN3O3/c20-15-7-6-13(10-16(15)21)22-11-14-17(25)23-19(27)24(18(14)26)9-8-12-4-2-1-3-5-12/h1-7,10-11,26H,8-9H2,(H,23,25,27). The maximum absolute atomic E-state index is 12.1. The molecule has 0 aliphatic rings. The van der Waals surface area contributed by atoms with Crippen LogP contribution in [0.15, 0.2) is 67.6 Å². The molecule has 8 heteroatoms. The summed E-state index contributed by atoms with van der Waals surface area (Å²) in [7, 11) is 0. The number of halogens is 2. The van der Waals surface area contributed by atoms with Crippen molar-refractivity contribution >= 4 is 39.4 Å². The minimum absolute atomic E-state index is 0.0956. The van der Waals surface area contributed by atoms with Crippen molar-refractivity contribution in [3.63, 3.8) is 0 Å². The molecule has 1 aromatic heterocycles. The molecule has 2 aromatic carbocycles. The predicted molar refractivity (Wildman–Crippen MR) is 110 cm³/mol. The van der Waals surface area contributed by atoms with Crippen LogP contribution in [0, 0.1) is 0 Å². The number of H-pyrrole nitrogens is 1. The summed E-state index contributed by atoms with van der Waals surface area (Å²) in [5.41, 5.74) is 0.0400. The minimum atomic E-state index is -0.708. The zero-order valence-corrected chi connectivity index (χ0v) is 16.4. The molecule has 2 N–H and O–H groups in total. The molecule has 0 fully saturated rings. The first-order valence-electron chi connectivity index (χ1n) is 8.05. The molecular weight excluding hydrogens is 434 g/mol. The molecule has 138 valence electrons. The topological polar surface area (TPSA) is 87.5 Å². The van der Waals surface area contributed by atoms with Gasteiger partial charge in [-0.2, -0.15) is 0 Å². The first-order chi connectivity index (χ1) is 13.0. The number of aromatic hydroxyl groups is 1. The lowest BCUT2D eigenvalue weighted by Crippen LogP contribution is -2.32. The van der Waals surface area contributed by atoms with Crippen LogP contribution >= 0.6 is 27.5 Å². The van der Waals surface area contributed by atoms with Crippen LogP contribution < -0.4 is 11.2 Å². The Bertz CT molecular complexity index is 1110. The summed E-state index contributed by atoms with van der Waals surface area (Å²) in [5.74, 6) is -0.424. The van der Waals surface area contributed by atoms with Crippen LogP contribution in [0.1, 0.15) is 11.1 Å². The number of hydrogen-bond acceptors (Lipinski definition) is 4. The monoisotopic (exact) mass is 447 g/mol. The van der Waals surface area contributed by atoms with Crippen molar-refractivity contribution in [3.8, 4) is 5.88 Å². The van der Waals surface area contributed by atoms with Crippen LogP contribution in [-0.4, -0.2) is 20.9 Å². The fourth-order valence-corrected chi connectivity index (χ4v) is 2.91. The van der Waals surface area contributed by atoms with E-state index in [4.69, 9.17) is 11.6 Å². The molecule has 27 heavy (non-hydrogen) atoms. The van der Waals surface area contributed by atoms with Gasteiger partial charge >= 0.3 is 5.69 Å². The molecule has 0 unspecified atom stereocenters. The third-order valence-electron chi connectivity index (χ3n) is 3.92. The first-order valence-corrected chi connectivity index (χ1v) is 9.22. The van der Waals surface area contributed by atoms with Gasteiger partial charge in [0.25, 0.3) is 5.56 Å². The highest BCUT2D eigenvalue weighted by Gasteiger charge is 2.12. The van der Waals surface area contributed by atoms with Crippen LogP contribution in [0.3, 0.4) is 0 Å². The molecule has 0 saturated heterocycles. The summed E-state index contributed by atoms with van der Waals surface area (Å²) in [6, 6.07) is 14.6. The number of benzene rings is 2. The lowest BCUT2D eigenvalue weighted by Gasteiger charge is -2.09. The first kappa shape index (κ1) is 19.1. The van der Waals surface area contributed by atoms with E-state index in [1.807, 2.05) is 30.3 Å². The molecule has 0 bridgehead atoms. The third kappa shape index (κ3) is 4.56. The number of aliphatic imine (C=N–C) groups is 1. The second kappa shape index (κ2) is 8.37. The molecule has 0 saturated carbocycles. The van der Waals surface area contributed by atoms with Gasteiger partial charge in [0.1, 0.15) is 5.56 Å². The van der Waals surface area contributed by atoms with E-state index in [9.17, 15) is 14.7 Å². The van der Waals surface area contributed by atoms with E-state index in [2.05, 4.69) is 25.9 Å². The molecule has 0 atom stereocenters. The Balaban J connectivity index is 1.91. The Morgan fingerprint density at radius 1 is 1.19 bits per heavy atom. The van der Waals surface area contributed by atoms with E-state index in [0.717, 1.165) is 14.6 Å². The SMILES string of the molecule is O=c1[nH]c(=O)n(CCc2ccccc2)c(O)c1C=Nc1ccc(Br)c(Cl)c1. The lowest BCUT2D eigenvalue weighted by molar-refractivity contribution is 0.399. The average molecular weight is 449 g/mol. The number of hydrogen-bond donors (Lipinski definition) is 2. The van der Waals surface area contributed by atoms with Gasteiger partial charge in [0.05, 0.1) is 10.7 Å². The zero-order valence-electron chi connectivity index (χ0n) is 14.0. The second-order valence-electron chi connectivity index (χ2n) is 5.74. The highest BCUT2D eigenvalue weighted by molar-refractivity contribution is 9.10. The van der Waals surface area contributed by atoms with Crippen molar-refractivity contribution in [2.75, 3.05) is 0 Å². The zero-order chi connectivity index (χ0) is 19.4. The van der Waals surface area contributed by atoms with Gasteiger partial charge in [0.15, 0.2) is 0 Å². The number of aryl methyl sites for hydroxylation is 1. The van der Waals surface area contributed by atoms with Gasteiger partial charge in [-0.3, -0.25) is 19.3 Å². The number of aromatic amines is 1. The van der Waals surface area contributed by atoms with Gasteiger partial charge < -0.3 is 5.11 Å². The number of aromatic nitrogens is 2. The summed E-state index contributed by atoms with van der Waals surface area (Å²) in [6.07, 6.45) is 1.74. The quantitative estimate of drug-likeness (QED) is 0.584. The molecule has 0 radical (unpaired) electrons. The molecule has 3 aromatic rings. The van der Waals surface area contributed by atoms with Crippen molar-refractivity contribution in [1.82, 2.24) is 9.55 Å². The summed E-state index contributed by atoms with van der Waals surface area (Å²) < 4.78 is 1.84. The molecule has 0 spiro atoms. The maximum atomic E-state index is 12.1. The van der Waals surface area contributed by atoms with Gasteiger partial charge in [0, 0.05) is 17.2 Å². The van der Waals surface area contributed by atoms with Gasteiger partial charge in [-0.25, -0.2) is 4.79 Å². The summed E-state index contributed by atoms with van der Waals surface area (Å²) in [5, 5.41) is 10.9. The Kier molecular flexibility index (Phi) is 5.93. The number of nitrogens with zero attached hydrogens (tertiary/aromatic N) is 2.